The number of alkyl halides is 1. The van der Waals surface area contributed by atoms with E-state index in [1.165, 1.54) is 0 Å². The summed E-state index contributed by atoms with van der Waals surface area (Å²) in [6.45, 7) is 7.76. The summed E-state index contributed by atoms with van der Waals surface area (Å²) in [5.41, 5.74) is 0. The summed E-state index contributed by atoms with van der Waals surface area (Å²) < 4.78 is 25.7. The molecule has 1 fully saturated rings. The van der Waals surface area contributed by atoms with E-state index in [9.17, 15) is 8.42 Å². The van der Waals surface area contributed by atoms with Gasteiger partial charge in [-0.15, -0.1) is 11.6 Å². The molecule has 1 heterocycles. The van der Waals surface area contributed by atoms with Crippen molar-refractivity contribution in [2.45, 2.75) is 20.3 Å². The molecule has 0 amide bonds. The van der Waals surface area contributed by atoms with Crippen molar-refractivity contribution >= 4 is 21.6 Å². The Bertz CT molecular complexity index is 311. The molecule has 0 radical (unpaired) electrons. The van der Waals surface area contributed by atoms with Crippen LogP contribution in [0.5, 0.6) is 0 Å². The number of sulfonamides is 1. The molecule has 4 nitrogen and oxygen atoms in total. The Morgan fingerprint density at radius 3 is 2.24 bits per heavy atom. The summed E-state index contributed by atoms with van der Waals surface area (Å²) in [6, 6.07) is 0. The number of hydrogen-bond donors (Lipinski definition) is 0. The molecule has 0 N–H and O–H groups in total. The van der Waals surface area contributed by atoms with E-state index in [0.717, 1.165) is 26.1 Å². The zero-order valence-corrected chi connectivity index (χ0v) is 12.3. The van der Waals surface area contributed by atoms with Gasteiger partial charge in [0.15, 0.2) is 0 Å². The minimum Gasteiger partial charge on any atom is -0.300 e. The standard InChI is InChI=1S/C11H23ClN2O2S/c1-11(2)3-10-17(15,16)14-8-6-13(5-4-12)7-9-14/h11H,3-10H2,1-2H3. The van der Waals surface area contributed by atoms with E-state index < -0.39 is 10.0 Å². The fraction of sp³-hybridized carbons (Fsp3) is 1.00. The van der Waals surface area contributed by atoms with Crippen LogP contribution in [0.25, 0.3) is 0 Å². The lowest BCUT2D eigenvalue weighted by Gasteiger charge is -2.33. The highest BCUT2D eigenvalue weighted by Gasteiger charge is 2.26. The summed E-state index contributed by atoms with van der Waals surface area (Å²) >= 11 is 5.67. The third kappa shape index (κ3) is 5.12. The van der Waals surface area contributed by atoms with Gasteiger partial charge in [0.2, 0.25) is 10.0 Å². The Hall–Kier alpha value is 0.160. The highest BCUT2D eigenvalue weighted by Crippen LogP contribution is 2.11. The van der Waals surface area contributed by atoms with Gasteiger partial charge in [-0.1, -0.05) is 13.8 Å². The molecule has 1 aliphatic rings. The van der Waals surface area contributed by atoms with E-state index in [0.29, 0.717) is 24.9 Å². The Morgan fingerprint density at radius 2 is 1.76 bits per heavy atom. The molecule has 0 aliphatic carbocycles. The first kappa shape index (κ1) is 15.2. The molecule has 17 heavy (non-hydrogen) atoms. The van der Waals surface area contributed by atoms with Gasteiger partial charge in [-0.2, -0.15) is 4.31 Å². The van der Waals surface area contributed by atoms with Crippen molar-refractivity contribution in [3.05, 3.63) is 0 Å². The van der Waals surface area contributed by atoms with Crippen LogP contribution in [0.2, 0.25) is 0 Å². The molecule has 1 rings (SSSR count). The van der Waals surface area contributed by atoms with Gasteiger partial charge in [0.25, 0.3) is 0 Å². The van der Waals surface area contributed by atoms with Crippen molar-refractivity contribution < 1.29 is 8.42 Å². The first-order valence-electron chi connectivity index (χ1n) is 6.22. The lowest BCUT2D eigenvalue weighted by Crippen LogP contribution is -2.49. The molecule has 0 atom stereocenters. The second kappa shape index (κ2) is 6.92. The number of hydrogen-bond acceptors (Lipinski definition) is 3. The Morgan fingerprint density at radius 1 is 1.18 bits per heavy atom. The van der Waals surface area contributed by atoms with E-state index in [-0.39, 0.29) is 5.75 Å². The predicted octanol–water partition coefficient (Wildman–Crippen LogP) is 1.22. The van der Waals surface area contributed by atoms with Gasteiger partial charge in [-0.05, 0) is 12.3 Å². The molecule has 1 aliphatic heterocycles. The lowest BCUT2D eigenvalue weighted by molar-refractivity contribution is 0.197. The largest absolute Gasteiger partial charge is 0.300 e. The van der Waals surface area contributed by atoms with Crippen molar-refractivity contribution in [2.75, 3.05) is 44.4 Å². The van der Waals surface area contributed by atoms with Gasteiger partial charge in [0.05, 0.1) is 5.75 Å². The van der Waals surface area contributed by atoms with Gasteiger partial charge in [0, 0.05) is 38.6 Å². The SMILES string of the molecule is CC(C)CCS(=O)(=O)N1CCN(CCCl)CC1. The highest BCUT2D eigenvalue weighted by molar-refractivity contribution is 7.89. The molecule has 0 aromatic rings. The normalized spacial score (nSPS) is 20.0. The van der Waals surface area contributed by atoms with Crippen LogP contribution in [0.4, 0.5) is 0 Å². The van der Waals surface area contributed by atoms with Crippen molar-refractivity contribution in [2.24, 2.45) is 5.92 Å². The van der Waals surface area contributed by atoms with Crippen LogP contribution in [-0.2, 0) is 10.0 Å². The average molecular weight is 283 g/mol. The minimum absolute atomic E-state index is 0.278. The van der Waals surface area contributed by atoms with Gasteiger partial charge >= 0.3 is 0 Å². The summed E-state index contributed by atoms with van der Waals surface area (Å²) in [4.78, 5) is 2.21. The number of nitrogens with zero attached hydrogens (tertiary/aromatic N) is 2. The summed E-state index contributed by atoms with van der Waals surface area (Å²) in [5.74, 6) is 1.32. The quantitative estimate of drug-likeness (QED) is 0.688. The van der Waals surface area contributed by atoms with E-state index in [4.69, 9.17) is 11.6 Å². The fourth-order valence-corrected chi connectivity index (χ4v) is 3.85. The Kier molecular flexibility index (Phi) is 6.20. The molecule has 0 saturated carbocycles. The summed E-state index contributed by atoms with van der Waals surface area (Å²) in [5, 5.41) is 0. The maximum atomic E-state index is 12.0. The third-order valence-electron chi connectivity index (χ3n) is 3.08. The summed E-state index contributed by atoms with van der Waals surface area (Å²) in [6.07, 6.45) is 0.740. The van der Waals surface area contributed by atoms with Crippen molar-refractivity contribution in [1.29, 1.82) is 0 Å². The van der Waals surface area contributed by atoms with E-state index in [1.54, 1.807) is 4.31 Å². The molecule has 1 saturated heterocycles. The van der Waals surface area contributed by atoms with Crippen LogP contribution in [0, 0.1) is 5.92 Å². The first-order chi connectivity index (χ1) is 7.95. The number of halogens is 1. The van der Waals surface area contributed by atoms with Crippen LogP contribution in [0.3, 0.4) is 0 Å². The molecule has 0 aromatic heterocycles. The predicted molar refractivity (Wildman–Crippen MR) is 72.0 cm³/mol. The second-order valence-corrected chi connectivity index (χ2v) is 7.39. The fourth-order valence-electron chi connectivity index (χ4n) is 1.86. The molecule has 0 bridgehead atoms. The maximum absolute atomic E-state index is 12.0. The topological polar surface area (TPSA) is 40.6 Å². The third-order valence-corrected chi connectivity index (χ3v) is 5.15. The monoisotopic (exact) mass is 282 g/mol. The number of piperazine rings is 1. The molecular weight excluding hydrogens is 260 g/mol. The maximum Gasteiger partial charge on any atom is 0.214 e. The highest BCUT2D eigenvalue weighted by atomic mass is 35.5. The van der Waals surface area contributed by atoms with Crippen LogP contribution >= 0.6 is 11.6 Å². The van der Waals surface area contributed by atoms with Crippen LogP contribution in [0.15, 0.2) is 0 Å². The van der Waals surface area contributed by atoms with Crippen LogP contribution < -0.4 is 0 Å². The van der Waals surface area contributed by atoms with Gasteiger partial charge < -0.3 is 0 Å². The molecular formula is C11H23ClN2O2S. The molecule has 102 valence electrons. The van der Waals surface area contributed by atoms with Crippen molar-refractivity contribution in [3.8, 4) is 0 Å². The molecule has 0 unspecified atom stereocenters. The van der Waals surface area contributed by atoms with Gasteiger partial charge in [-0.25, -0.2) is 8.42 Å². The van der Waals surface area contributed by atoms with E-state index >= 15 is 0 Å². The lowest BCUT2D eigenvalue weighted by atomic mass is 10.2. The summed E-state index contributed by atoms with van der Waals surface area (Å²) in [7, 11) is -3.04. The molecule has 6 heteroatoms. The first-order valence-corrected chi connectivity index (χ1v) is 8.36. The van der Waals surface area contributed by atoms with Crippen LogP contribution in [0.1, 0.15) is 20.3 Å². The molecule has 0 spiro atoms. The van der Waals surface area contributed by atoms with Crippen molar-refractivity contribution in [3.63, 3.8) is 0 Å². The Labute approximate surface area is 110 Å². The van der Waals surface area contributed by atoms with E-state index in [2.05, 4.69) is 4.90 Å². The van der Waals surface area contributed by atoms with E-state index in [1.807, 2.05) is 13.8 Å². The average Bonchev–Trinajstić information content (AvgIpc) is 2.28. The zero-order chi connectivity index (χ0) is 12.9. The zero-order valence-electron chi connectivity index (χ0n) is 10.7. The number of rotatable bonds is 6. The molecule has 0 aromatic carbocycles. The minimum atomic E-state index is -3.04. The second-order valence-electron chi connectivity index (χ2n) is 4.93. The smallest absolute Gasteiger partial charge is 0.214 e. The van der Waals surface area contributed by atoms with Crippen molar-refractivity contribution in [1.82, 2.24) is 9.21 Å². The van der Waals surface area contributed by atoms with Gasteiger partial charge in [0.1, 0.15) is 0 Å². The van der Waals surface area contributed by atoms with Crippen LogP contribution in [-0.4, -0.2) is 62.0 Å². The van der Waals surface area contributed by atoms with Gasteiger partial charge in [-0.3, -0.25) is 4.90 Å². The Balaban J connectivity index is 2.41.